The summed E-state index contributed by atoms with van der Waals surface area (Å²) in [4.78, 5) is 33.7. The van der Waals surface area contributed by atoms with Crippen molar-refractivity contribution in [2.24, 2.45) is 0 Å². The number of nitrogens with zero attached hydrogens (tertiary/aromatic N) is 3. The minimum absolute atomic E-state index is 0.326. The van der Waals surface area contributed by atoms with Crippen molar-refractivity contribution < 1.29 is 14.3 Å². The predicted octanol–water partition coefficient (Wildman–Crippen LogP) is 3.57. The van der Waals surface area contributed by atoms with Gasteiger partial charge in [0.1, 0.15) is 9.88 Å². The van der Waals surface area contributed by atoms with Crippen molar-refractivity contribution >= 4 is 28.9 Å². The molecule has 1 amide bonds. The number of rotatable bonds is 5. The molecule has 0 bridgehead atoms. The topological polar surface area (TPSA) is 105 Å². The number of thiazole rings is 1. The number of hydrogen-bond donors (Lipinski definition) is 1. The van der Waals surface area contributed by atoms with Crippen molar-refractivity contribution in [3.05, 3.63) is 64.8 Å². The predicted molar refractivity (Wildman–Crippen MR) is 105 cm³/mol. The van der Waals surface area contributed by atoms with Crippen LogP contribution in [-0.2, 0) is 9.53 Å². The van der Waals surface area contributed by atoms with Gasteiger partial charge in [-0.25, -0.2) is 9.78 Å². The van der Waals surface area contributed by atoms with Crippen LogP contribution in [0.3, 0.4) is 0 Å². The van der Waals surface area contributed by atoms with Gasteiger partial charge in [0, 0.05) is 11.9 Å². The van der Waals surface area contributed by atoms with Crippen molar-refractivity contribution in [1.82, 2.24) is 9.97 Å². The van der Waals surface area contributed by atoms with Crippen LogP contribution >= 0.6 is 11.3 Å². The van der Waals surface area contributed by atoms with Crippen LogP contribution in [-0.4, -0.2) is 27.9 Å². The van der Waals surface area contributed by atoms with Crippen molar-refractivity contribution in [2.45, 2.75) is 20.0 Å². The van der Waals surface area contributed by atoms with E-state index >= 15 is 0 Å². The second-order valence-electron chi connectivity index (χ2n) is 5.88. The fourth-order valence-electron chi connectivity index (χ4n) is 2.36. The van der Waals surface area contributed by atoms with Gasteiger partial charge in [0.05, 0.1) is 23.0 Å². The van der Waals surface area contributed by atoms with Crippen molar-refractivity contribution in [3.63, 3.8) is 0 Å². The summed E-state index contributed by atoms with van der Waals surface area (Å²) in [5.41, 5.74) is 2.06. The van der Waals surface area contributed by atoms with E-state index in [1.54, 1.807) is 49.5 Å². The molecular weight excluding hydrogens is 376 g/mol. The quantitative estimate of drug-likeness (QED) is 0.666. The van der Waals surface area contributed by atoms with Crippen LogP contribution in [0.2, 0.25) is 0 Å². The van der Waals surface area contributed by atoms with E-state index in [2.05, 4.69) is 15.3 Å². The number of esters is 1. The summed E-state index contributed by atoms with van der Waals surface area (Å²) in [6, 6.07) is 13.9. The summed E-state index contributed by atoms with van der Waals surface area (Å²) in [5.74, 6) is -1.11. The highest BCUT2D eigenvalue weighted by atomic mass is 32.1. The second-order valence-corrected chi connectivity index (χ2v) is 6.88. The molecule has 0 aliphatic carbocycles. The lowest BCUT2D eigenvalue weighted by Gasteiger charge is -2.13. The van der Waals surface area contributed by atoms with Crippen LogP contribution in [0.25, 0.3) is 10.7 Å². The number of nitrogens with one attached hydrogen (secondary N) is 1. The first-order valence-electron chi connectivity index (χ1n) is 8.39. The number of aryl methyl sites for hydroxylation is 1. The van der Waals surface area contributed by atoms with Crippen molar-refractivity contribution in [3.8, 4) is 16.8 Å². The minimum Gasteiger partial charge on any atom is -0.448 e. The average molecular weight is 392 g/mol. The summed E-state index contributed by atoms with van der Waals surface area (Å²) in [7, 11) is 0. The van der Waals surface area contributed by atoms with Crippen LogP contribution in [0.5, 0.6) is 0 Å². The van der Waals surface area contributed by atoms with Gasteiger partial charge in [-0.2, -0.15) is 5.26 Å². The number of anilines is 1. The van der Waals surface area contributed by atoms with Gasteiger partial charge in [0.25, 0.3) is 5.91 Å². The van der Waals surface area contributed by atoms with Crippen molar-refractivity contribution in [2.75, 3.05) is 5.32 Å². The highest BCUT2D eigenvalue weighted by molar-refractivity contribution is 7.17. The van der Waals surface area contributed by atoms with Gasteiger partial charge in [-0.05, 0) is 44.2 Å². The van der Waals surface area contributed by atoms with Gasteiger partial charge in [0.2, 0.25) is 0 Å². The molecule has 0 aliphatic heterocycles. The second kappa shape index (κ2) is 8.41. The summed E-state index contributed by atoms with van der Waals surface area (Å²) in [5, 5.41) is 12.2. The van der Waals surface area contributed by atoms with E-state index in [1.807, 2.05) is 12.1 Å². The molecule has 3 aromatic rings. The summed E-state index contributed by atoms with van der Waals surface area (Å²) in [6.07, 6.45) is 0.635. The number of pyridine rings is 1. The monoisotopic (exact) mass is 392 g/mol. The molecule has 0 aliphatic rings. The maximum absolute atomic E-state index is 12.5. The number of nitriles is 1. The van der Waals surface area contributed by atoms with E-state index in [0.29, 0.717) is 32.5 Å². The lowest BCUT2D eigenvalue weighted by Crippen LogP contribution is -2.30. The third-order valence-electron chi connectivity index (χ3n) is 3.78. The Balaban J connectivity index is 1.68. The molecule has 0 saturated carbocycles. The Morgan fingerprint density at radius 3 is 2.79 bits per heavy atom. The average Bonchev–Trinajstić information content (AvgIpc) is 3.10. The number of aromatic nitrogens is 2. The van der Waals surface area contributed by atoms with Gasteiger partial charge in [0.15, 0.2) is 6.10 Å². The molecule has 28 heavy (non-hydrogen) atoms. The van der Waals surface area contributed by atoms with Gasteiger partial charge in [-0.1, -0.05) is 12.1 Å². The Morgan fingerprint density at radius 2 is 2.07 bits per heavy atom. The molecule has 2 aromatic heterocycles. The Kier molecular flexibility index (Phi) is 5.77. The van der Waals surface area contributed by atoms with Gasteiger partial charge in [-0.3, -0.25) is 9.78 Å². The van der Waals surface area contributed by atoms with E-state index in [-0.39, 0.29) is 0 Å². The van der Waals surface area contributed by atoms with Crippen LogP contribution < -0.4 is 5.32 Å². The molecule has 140 valence electrons. The van der Waals surface area contributed by atoms with Crippen LogP contribution in [0.4, 0.5) is 5.69 Å². The van der Waals surface area contributed by atoms with E-state index in [4.69, 9.17) is 10.00 Å². The Morgan fingerprint density at radius 1 is 1.25 bits per heavy atom. The van der Waals surface area contributed by atoms with E-state index < -0.39 is 18.0 Å². The summed E-state index contributed by atoms with van der Waals surface area (Å²) in [6.45, 7) is 3.19. The Bertz CT molecular complexity index is 1060. The molecule has 1 N–H and O–H groups in total. The van der Waals surface area contributed by atoms with Crippen LogP contribution in [0.1, 0.15) is 27.9 Å². The molecule has 2 heterocycles. The SMILES string of the molecule is Cc1nc(-c2ccccn2)sc1C(=O)O[C@@H](C)C(=O)Nc1cccc(C#N)c1. The Hall–Kier alpha value is -3.57. The third-order valence-corrected chi connectivity index (χ3v) is 4.94. The molecule has 1 aromatic carbocycles. The zero-order chi connectivity index (χ0) is 20.1. The maximum atomic E-state index is 12.5. The highest BCUT2D eigenvalue weighted by Crippen LogP contribution is 2.27. The standard InChI is InChI=1S/C20H16N4O3S/c1-12-17(28-19(23-12)16-8-3-4-9-22-16)20(26)27-13(2)18(25)24-15-7-5-6-14(10-15)11-21/h3-10,13H,1-2H3,(H,24,25)/t13-/m0/s1. The zero-order valence-corrected chi connectivity index (χ0v) is 16.0. The van der Waals surface area contributed by atoms with Crippen molar-refractivity contribution in [1.29, 1.82) is 5.26 Å². The molecule has 0 radical (unpaired) electrons. The molecule has 0 unspecified atom stereocenters. The number of carbonyl (C=O) groups is 2. The third kappa shape index (κ3) is 4.39. The largest absolute Gasteiger partial charge is 0.448 e. The summed E-state index contributed by atoms with van der Waals surface area (Å²) >= 11 is 1.17. The highest BCUT2D eigenvalue weighted by Gasteiger charge is 2.23. The molecule has 7 nitrogen and oxygen atoms in total. The first-order chi connectivity index (χ1) is 13.5. The fourth-order valence-corrected chi connectivity index (χ4v) is 3.29. The Labute approximate surface area is 165 Å². The zero-order valence-electron chi connectivity index (χ0n) is 15.2. The fraction of sp³-hybridized carbons (Fsp3) is 0.150. The van der Waals surface area contributed by atoms with Gasteiger partial charge in [-0.15, -0.1) is 11.3 Å². The van der Waals surface area contributed by atoms with E-state index in [1.165, 1.54) is 18.3 Å². The number of benzene rings is 1. The lowest BCUT2D eigenvalue weighted by molar-refractivity contribution is -0.123. The van der Waals surface area contributed by atoms with Gasteiger partial charge >= 0.3 is 5.97 Å². The first kappa shape index (κ1) is 19.2. The molecular formula is C20H16N4O3S. The number of hydrogen-bond acceptors (Lipinski definition) is 7. The van der Waals surface area contributed by atoms with Crippen LogP contribution in [0, 0.1) is 18.3 Å². The first-order valence-corrected chi connectivity index (χ1v) is 9.20. The lowest BCUT2D eigenvalue weighted by atomic mass is 10.2. The van der Waals surface area contributed by atoms with E-state index in [9.17, 15) is 9.59 Å². The molecule has 1 atom stereocenters. The normalized spacial score (nSPS) is 11.3. The molecule has 3 rings (SSSR count). The number of amides is 1. The molecule has 0 fully saturated rings. The maximum Gasteiger partial charge on any atom is 0.351 e. The summed E-state index contributed by atoms with van der Waals surface area (Å²) < 4.78 is 5.29. The minimum atomic E-state index is -1.02. The molecule has 0 spiro atoms. The van der Waals surface area contributed by atoms with Crippen LogP contribution in [0.15, 0.2) is 48.7 Å². The smallest absolute Gasteiger partial charge is 0.351 e. The number of ether oxygens (including phenoxy) is 1. The van der Waals surface area contributed by atoms with E-state index in [0.717, 1.165) is 0 Å². The molecule has 0 saturated heterocycles. The number of carbonyl (C=O) groups excluding carboxylic acids is 2. The molecule has 8 heteroatoms. The van der Waals surface area contributed by atoms with Gasteiger partial charge < -0.3 is 10.1 Å².